The molecular weight excluding hydrogens is 336 g/mol. The number of benzene rings is 2. The van der Waals surface area contributed by atoms with Crippen molar-refractivity contribution < 1.29 is 13.2 Å². The molecule has 0 radical (unpaired) electrons. The summed E-state index contributed by atoms with van der Waals surface area (Å²) in [5.74, 6) is -0.339. The van der Waals surface area contributed by atoms with Crippen molar-refractivity contribution in [1.82, 2.24) is 5.32 Å². The molecule has 1 N–H and O–H groups in total. The Balaban J connectivity index is 2.15. The Morgan fingerprint density at radius 2 is 1.56 bits per heavy atom. The van der Waals surface area contributed by atoms with Crippen LogP contribution >= 0.6 is 0 Å². The summed E-state index contributed by atoms with van der Waals surface area (Å²) < 4.78 is 25.6. The largest absolute Gasteiger partial charge is 0.350 e. The average Bonchev–Trinajstić information content (AvgIpc) is 2.52. The Bertz CT molecular complexity index is 838. The molecule has 6 heteroatoms. The number of para-hydroxylation sites is 1. The maximum atomic E-state index is 12.3. The predicted molar refractivity (Wildman–Crippen MR) is 101 cm³/mol. The number of hydrogen-bond acceptors (Lipinski definition) is 3. The first-order valence-corrected chi connectivity index (χ1v) is 9.89. The maximum Gasteiger partial charge on any atom is 0.241 e. The van der Waals surface area contributed by atoms with Crippen molar-refractivity contribution in [2.45, 2.75) is 27.3 Å². The van der Waals surface area contributed by atoms with E-state index in [1.165, 1.54) is 4.31 Å². The number of sulfonamides is 1. The Morgan fingerprint density at radius 3 is 2.08 bits per heavy atom. The fraction of sp³-hybridized carbons (Fsp3) is 0.316. The number of nitrogens with zero attached hydrogens (tertiary/aromatic N) is 1. The lowest BCUT2D eigenvalue weighted by Gasteiger charge is -2.25. The van der Waals surface area contributed by atoms with Crippen molar-refractivity contribution in [3.05, 3.63) is 64.7 Å². The lowest BCUT2D eigenvalue weighted by molar-refractivity contribution is -0.119. The van der Waals surface area contributed by atoms with E-state index in [1.807, 2.05) is 63.2 Å². The maximum absolute atomic E-state index is 12.3. The molecule has 0 spiro atoms. The zero-order chi connectivity index (χ0) is 18.6. The average molecular weight is 360 g/mol. The molecule has 2 aromatic carbocycles. The molecule has 0 unspecified atom stereocenters. The van der Waals surface area contributed by atoms with E-state index in [2.05, 4.69) is 5.32 Å². The molecule has 0 heterocycles. The molecule has 0 saturated heterocycles. The van der Waals surface area contributed by atoms with Crippen molar-refractivity contribution in [2.24, 2.45) is 0 Å². The molecule has 0 aliphatic carbocycles. The molecular formula is C19H24N2O3S. The number of anilines is 1. The summed E-state index contributed by atoms with van der Waals surface area (Å²) in [7, 11) is -3.57. The zero-order valence-corrected chi connectivity index (χ0v) is 15.9. The van der Waals surface area contributed by atoms with Gasteiger partial charge in [0.25, 0.3) is 0 Å². The number of aryl methyl sites for hydroxylation is 3. The van der Waals surface area contributed by atoms with Gasteiger partial charge in [-0.2, -0.15) is 0 Å². The van der Waals surface area contributed by atoms with Gasteiger partial charge in [-0.15, -0.1) is 0 Å². The Morgan fingerprint density at radius 1 is 1.00 bits per heavy atom. The molecule has 134 valence electrons. The second-order valence-corrected chi connectivity index (χ2v) is 8.18. The van der Waals surface area contributed by atoms with Gasteiger partial charge in [-0.25, -0.2) is 8.42 Å². The van der Waals surface area contributed by atoms with Crippen molar-refractivity contribution in [3.8, 4) is 0 Å². The predicted octanol–water partition coefficient (Wildman–Crippen LogP) is 2.69. The molecule has 2 rings (SSSR count). The van der Waals surface area contributed by atoms with Gasteiger partial charge in [0.05, 0.1) is 11.9 Å². The quantitative estimate of drug-likeness (QED) is 0.861. The second-order valence-electron chi connectivity index (χ2n) is 6.27. The number of carbonyl (C=O) groups is 1. The first-order chi connectivity index (χ1) is 11.7. The summed E-state index contributed by atoms with van der Waals surface area (Å²) in [6.07, 6.45) is 1.12. The minimum Gasteiger partial charge on any atom is -0.350 e. The highest BCUT2D eigenvalue weighted by Crippen LogP contribution is 2.26. The summed E-state index contributed by atoms with van der Waals surface area (Å²) in [6, 6.07) is 13.4. The van der Waals surface area contributed by atoms with E-state index in [0.29, 0.717) is 12.2 Å². The first kappa shape index (κ1) is 19.0. The molecule has 0 fully saturated rings. The van der Waals surface area contributed by atoms with Gasteiger partial charge in [-0.3, -0.25) is 9.10 Å². The normalized spacial score (nSPS) is 11.2. The van der Waals surface area contributed by atoms with Crippen LogP contribution in [0.2, 0.25) is 0 Å². The van der Waals surface area contributed by atoms with Gasteiger partial charge in [0.1, 0.15) is 6.54 Å². The fourth-order valence-electron chi connectivity index (χ4n) is 2.65. The van der Waals surface area contributed by atoms with Crippen LogP contribution in [0.3, 0.4) is 0 Å². The molecule has 0 bridgehead atoms. The number of nitrogens with one attached hydrogen (secondary N) is 1. The third kappa shape index (κ3) is 5.06. The number of amides is 1. The second kappa shape index (κ2) is 7.70. The van der Waals surface area contributed by atoms with Crippen LogP contribution in [-0.2, 0) is 21.4 Å². The first-order valence-electron chi connectivity index (χ1n) is 8.04. The van der Waals surface area contributed by atoms with Crippen molar-refractivity contribution in [1.29, 1.82) is 0 Å². The summed E-state index contributed by atoms with van der Waals surface area (Å²) in [5.41, 5.74) is 4.31. The van der Waals surface area contributed by atoms with E-state index in [-0.39, 0.29) is 12.5 Å². The highest BCUT2D eigenvalue weighted by molar-refractivity contribution is 7.92. The van der Waals surface area contributed by atoms with Gasteiger partial charge >= 0.3 is 0 Å². The number of rotatable bonds is 6. The molecule has 2 aromatic rings. The van der Waals surface area contributed by atoms with E-state index in [9.17, 15) is 13.2 Å². The molecule has 0 aromatic heterocycles. The van der Waals surface area contributed by atoms with Gasteiger partial charge < -0.3 is 5.32 Å². The van der Waals surface area contributed by atoms with E-state index in [4.69, 9.17) is 0 Å². The van der Waals surface area contributed by atoms with E-state index in [1.54, 1.807) is 0 Å². The van der Waals surface area contributed by atoms with Crippen molar-refractivity contribution in [2.75, 3.05) is 17.1 Å². The highest BCUT2D eigenvalue weighted by atomic mass is 32.2. The van der Waals surface area contributed by atoms with Crippen molar-refractivity contribution in [3.63, 3.8) is 0 Å². The van der Waals surface area contributed by atoms with Crippen LogP contribution in [0.5, 0.6) is 0 Å². The highest BCUT2D eigenvalue weighted by Gasteiger charge is 2.23. The van der Waals surface area contributed by atoms with E-state index >= 15 is 0 Å². The van der Waals surface area contributed by atoms with Crippen LogP contribution in [0.4, 0.5) is 5.69 Å². The molecule has 0 aliphatic rings. The van der Waals surface area contributed by atoms with Gasteiger partial charge in [-0.05, 0) is 37.5 Å². The van der Waals surface area contributed by atoms with Gasteiger partial charge in [-0.1, -0.05) is 48.0 Å². The van der Waals surface area contributed by atoms with Gasteiger partial charge in [0.2, 0.25) is 15.9 Å². The standard InChI is InChI=1S/C19H24N2O3S/c1-14-8-10-17(11-9-14)12-20-18(22)13-21(25(4,23)24)19-15(2)6-5-7-16(19)3/h5-11H,12-13H2,1-4H3,(H,20,22). The van der Waals surface area contributed by atoms with Crippen molar-refractivity contribution >= 4 is 21.6 Å². The number of carbonyl (C=O) groups excluding carboxylic acids is 1. The Kier molecular flexibility index (Phi) is 5.85. The molecule has 0 atom stereocenters. The van der Waals surface area contributed by atoms with Crippen LogP contribution in [0.25, 0.3) is 0 Å². The Hall–Kier alpha value is -2.34. The molecule has 1 amide bonds. The van der Waals surface area contributed by atoms with Crippen LogP contribution in [0.15, 0.2) is 42.5 Å². The van der Waals surface area contributed by atoms with Crippen LogP contribution < -0.4 is 9.62 Å². The summed E-state index contributed by atoms with van der Waals surface area (Å²) >= 11 is 0. The van der Waals surface area contributed by atoms with Gasteiger partial charge in [0, 0.05) is 6.54 Å². The topological polar surface area (TPSA) is 66.5 Å². The fourth-order valence-corrected chi connectivity index (χ4v) is 3.63. The van der Waals surface area contributed by atoms with Crippen LogP contribution in [-0.4, -0.2) is 27.1 Å². The van der Waals surface area contributed by atoms with E-state index < -0.39 is 10.0 Å². The molecule has 5 nitrogen and oxygen atoms in total. The summed E-state index contributed by atoms with van der Waals surface area (Å²) in [5, 5.41) is 2.78. The molecule has 25 heavy (non-hydrogen) atoms. The lowest BCUT2D eigenvalue weighted by atomic mass is 10.1. The minimum atomic E-state index is -3.57. The van der Waals surface area contributed by atoms with E-state index in [0.717, 1.165) is 28.5 Å². The third-order valence-corrected chi connectivity index (χ3v) is 5.10. The SMILES string of the molecule is Cc1ccc(CNC(=O)CN(c2c(C)cccc2C)S(C)(=O)=O)cc1. The summed E-state index contributed by atoms with van der Waals surface area (Å²) in [6.45, 7) is 5.80. The monoisotopic (exact) mass is 360 g/mol. The smallest absolute Gasteiger partial charge is 0.241 e. The molecule has 0 saturated carbocycles. The van der Waals surface area contributed by atoms with Crippen LogP contribution in [0.1, 0.15) is 22.3 Å². The summed E-state index contributed by atoms with van der Waals surface area (Å²) in [4.78, 5) is 12.3. The number of hydrogen-bond donors (Lipinski definition) is 1. The Labute approximate surface area is 149 Å². The lowest BCUT2D eigenvalue weighted by Crippen LogP contribution is -2.40. The van der Waals surface area contributed by atoms with Crippen LogP contribution in [0, 0.1) is 20.8 Å². The molecule has 0 aliphatic heterocycles. The third-order valence-electron chi connectivity index (χ3n) is 3.99. The minimum absolute atomic E-state index is 0.240. The zero-order valence-electron chi connectivity index (χ0n) is 15.0. The van der Waals surface area contributed by atoms with Gasteiger partial charge in [0.15, 0.2) is 0 Å².